The minimum Gasteiger partial charge on any atom is -0.508 e. The van der Waals surface area contributed by atoms with Crippen molar-refractivity contribution in [3.8, 4) is 0 Å². The number of allylic oxidation sites excluding steroid dienone is 3. The van der Waals surface area contributed by atoms with Crippen LogP contribution in [0, 0.1) is 0 Å². The predicted octanol–water partition coefficient (Wildman–Crippen LogP) is 2.54. The number of rotatable bonds is 0. The zero-order valence-corrected chi connectivity index (χ0v) is 10.4. The molecule has 0 aromatic carbocycles. The van der Waals surface area contributed by atoms with Gasteiger partial charge in [0.2, 0.25) is 0 Å². The number of hydrogen-bond acceptors (Lipinski definition) is 3. The third kappa shape index (κ3) is 8.50. The molecule has 2 rings (SSSR count). The van der Waals surface area contributed by atoms with E-state index in [2.05, 4.69) is 5.32 Å². The summed E-state index contributed by atoms with van der Waals surface area (Å²) in [4.78, 5) is 0. The average Bonchev–Trinajstić information content (AvgIpc) is 2.34. The Morgan fingerprint density at radius 2 is 2.06 bits per heavy atom. The molecule has 0 spiro atoms. The van der Waals surface area contributed by atoms with Gasteiger partial charge in [-0.05, 0) is 44.4 Å². The molecule has 16 heavy (non-hydrogen) atoms. The highest BCUT2D eigenvalue weighted by Gasteiger charge is 2.06. The molecule has 1 aliphatic carbocycles. The topological polar surface area (TPSA) is 52.5 Å². The minimum atomic E-state index is -0.0752. The van der Waals surface area contributed by atoms with E-state index < -0.39 is 0 Å². The summed E-state index contributed by atoms with van der Waals surface area (Å²) in [7, 11) is 0. The van der Waals surface area contributed by atoms with E-state index in [4.69, 9.17) is 10.2 Å². The van der Waals surface area contributed by atoms with Gasteiger partial charge >= 0.3 is 0 Å². The number of hydrogen-bond donors (Lipinski definition) is 3. The standard InChI is InChI=1S/C6H8O.C5H11NO.C2H6/c7-6-4-2-1-3-5-6;7-5-2-1-3-6-4-5;1-2/h2,4-5,7H,1,3H2;5-7H,1-4H2;1-2H3/t;5-;/m.1./s1. The summed E-state index contributed by atoms with van der Waals surface area (Å²) in [6, 6.07) is 0. The zero-order valence-electron chi connectivity index (χ0n) is 10.4. The number of nitrogens with one attached hydrogen (secondary N) is 1. The Bertz CT molecular complexity index is 206. The molecule has 2 aliphatic rings. The molecule has 0 radical (unpaired) electrons. The van der Waals surface area contributed by atoms with Crippen molar-refractivity contribution in [2.75, 3.05) is 13.1 Å². The van der Waals surface area contributed by atoms with Crippen LogP contribution in [0.25, 0.3) is 0 Å². The Kier molecular flexibility index (Phi) is 10.2. The van der Waals surface area contributed by atoms with Gasteiger partial charge in [0.25, 0.3) is 0 Å². The van der Waals surface area contributed by atoms with Crippen molar-refractivity contribution in [1.29, 1.82) is 0 Å². The maximum Gasteiger partial charge on any atom is 0.111 e. The molecule has 0 aromatic rings. The van der Waals surface area contributed by atoms with E-state index in [0.29, 0.717) is 5.76 Å². The molecule has 3 nitrogen and oxygen atoms in total. The van der Waals surface area contributed by atoms with Gasteiger partial charge in [-0.3, -0.25) is 0 Å². The van der Waals surface area contributed by atoms with E-state index in [1.54, 1.807) is 6.08 Å². The molecule has 1 atom stereocenters. The van der Waals surface area contributed by atoms with Gasteiger partial charge in [-0.25, -0.2) is 0 Å². The number of aliphatic hydroxyl groups excluding tert-OH is 2. The third-order valence-electron chi connectivity index (χ3n) is 2.25. The van der Waals surface area contributed by atoms with Crippen LogP contribution in [0.2, 0.25) is 0 Å². The molecule has 94 valence electrons. The van der Waals surface area contributed by atoms with Crippen molar-refractivity contribution in [1.82, 2.24) is 5.32 Å². The molecule has 1 saturated heterocycles. The van der Waals surface area contributed by atoms with E-state index in [1.807, 2.05) is 26.0 Å². The summed E-state index contributed by atoms with van der Waals surface area (Å²) in [6.07, 6.45) is 9.60. The molecular formula is C13H25NO2. The molecule has 3 N–H and O–H groups in total. The normalized spacial score (nSPS) is 23.2. The molecule has 0 bridgehead atoms. The molecule has 1 fully saturated rings. The van der Waals surface area contributed by atoms with Gasteiger partial charge in [-0.2, -0.15) is 0 Å². The summed E-state index contributed by atoms with van der Waals surface area (Å²) in [6.45, 7) is 5.87. The first-order valence-electron chi connectivity index (χ1n) is 6.23. The van der Waals surface area contributed by atoms with Crippen molar-refractivity contribution >= 4 is 0 Å². The van der Waals surface area contributed by atoms with Crippen LogP contribution in [0.4, 0.5) is 0 Å². The molecule has 1 heterocycles. The number of β-amino-alcohol motifs (C(OH)–C–C–N with tert-alkyl or cyclic N) is 1. The Morgan fingerprint density at radius 3 is 2.31 bits per heavy atom. The largest absolute Gasteiger partial charge is 0.508 e. The fourth-order valence-corrected chi connectivity index (χ4v) is 1.43. The van der Waals surface area contributed by atoms with Gasteiger partial charge in [0.1, 0.15) is 5.76 Å². The second kappa shape index (κ2) is 10.7. The van der Waals surface area contributed by atoms with Crippen molar-refractivity contribution in [3.63, 3.8) is 0 Å². The fraction of sp³-hybridized carbons (Fsp3) is 0.692. The van der Waals surface area contributed by atoms with Gasteiger partial charge < -0.3 is 15.5 Å². The minimum absolute atomic E-state index is 0.0752. The van der Waals surface area contributed by atoms with E-state index in [-0.39, 0.29) is 6.10 Å². The predicted molar refractivity (Wildman–Crippen MR) is 68.5 cm³/mol. The van der Waals surface area contributed by atoms with Gasteiger partial charge in [0.05, 0.1) is 6.10 Å². The van der Waals surface area contributed by atoms with Crippen molar-refractivity contribution in [3.05, 3.63) is 24.0 Å². The summed E-state index contributed by atoms with van der Waals surface area (Å²) in [5.74, 6) is 0.409. The molecule has 0 unspecified atom stereocenters. The van der Waals surface area contributed by atoms with Crippen LogP contribution in [0.3, 0.4) is 0 Å². The van der Waals surface area contributed by atoms with E-state index >= 15 is 0 Å². The average molecular weight is 227 g/mol. The third-order valence-corrected chi connectivity index (χ3v) is 2.25. The SMILES string of the molecule is CC.OC1=CCCC=C1.O[C@@H]1CCCNC1. The Labute approximate surface area is 98.9 Å². The zero-order chi connectivity index (χ0) is 12.2. The Balaban J connectivity index is 0.000000244. The van der Waals surface area contributed by atoms with Gasteiger partial charge in [0, 0.05) is 6.54 Å². The summed E-state index contributed by atoms with van der Waals surface area (Å²) in [5, 5.41) is 20.6. The maximum absolute atomic E-state index is 8.85. The number of piperidine rings is 1. The second-order valence-electron chi connectivity index (χ2n) is 3.61. The quantitative estimate of drug-likeness (QED) is 0.596. The fourth-order valence-electron chi connectivity index (χ4n) is 1.43. The van der Waals surface area contributed by atoms with Crippen molar-refractivity contribution in [2.24, 2.45) is 0 Å². The lowest BCUT2D eigenvalue weighted by molar-refractivity contribution is 0.142. The van der Waals surface area contributed by atoms with Gasteiger partial charge in [-0.1, -0.05) is 19.9 Å². The highest BCUT2D eigenvalue weighted by atomic mass is 16.3. The van der Waals surface area contributed by atoms with E-state index in [1.165, 1.54) is 0 Å². The first-order valence-corrected chi connectivity index (χ1v) is 6.23. The van der Waals surface area contributed by atoms with Gasteiger partial charge in [-0.15, -0.1) is 0 Å². The first kappa shape index (κ1) is 15.2. The van der Waals surface area contributed by atoms with Crippen molar-refractivity contribution in [2.45, 2.75) is 45.6 Å². The van der Waals surface area contributed by atoms with Crippen LogP contribution < -0.4 is 5.32 Å². The molecule has 0 amide bonds. The lowest BCUT2D eigenvalue weighted by Crippen LogP contribution is -2.33. The maximum atomic E-state index is 8.85. The molecule has 0 saturated carbocycles. The first-order chi connectivity index (χ1) is 7.79. The highest BCUT2D eigenvalue weighted by molar-refractivity contribution is 5.14. The van der Waals surface area contributed by atoms with Gasteiger partial charge in [0.15, 0.2) is 0 Å². The lowest BCUT2D eigenvalue weighted by Gasteiger charge is -2.16. The summed E-state index contributed by atoms with van der Waals surface area (Å²) in [5.41, 5.74) is 0. The Morgan fingerprint density at radius 1 is 1.31 bits per heavy atom. The highest BCUT2D eigenvalue weighted by Crippen LogP contribution is 2.04. The monoisotopic (exact) mass is 227 g/mol. The smallest absolute Gasteiger partial charge is 0.111 e. The van der Waals surface area contributed by atoms with Crippen LogP contribution in [0.15, 0.2) is 24.0 Å². The second-order valence-corrected chi connectivity index (χ2v) is 3.61. The number of aliphatic hydroxyl groups is 2. The van der Waals surface area contributed by atoms with Crippen LogP contribution in [-0.4, -0.2) is 29.4 Å². The van der Waals surface area contributed by atoms with Crippen LogP contribution in [-0.2, 0) is 0 Å². The summed E-state index contributed by atoms with van der Waals surface area (Å²) >= 11 is 0. The van der Waals surface area contributed by atoms with Crippen molar-refractivity contribution < 1.29 is 10.2 Å². The van der Waals surface area contributed by atoms with Crippen LogP contribution in [0.1, 0.15) is 39.5 Å². The molecular weight excluding hydrogens is 202 g/mol. The van der Waals surface area contributed by atoms with E-state index in [9.17, 15) is 0 Å². The van der Waals surface area contributed by atoms with E-state index in [0.717, 1.165) is 38.8 Å². The lowest BCUT2D eigenvalue weighted by atomic mass is 10.1. The van der Waals surface area contributed by atoms with Crippen LogP contribution in [0.5, 0.6) is 0 Å². The Hall–Kier alpha value is -0.800. The summed E-state index contributed by atoms with van der Waals surface area (Å²) < 4.78 is 0. The van der Waals surface area contributed by atoms with Crippen LogP contribution >= 0.6 is 0 Å². The molecule has 1 aliphatic heterocycles. The molecule has 0 aromatic heterocycles. The molecule has 3 heteroatoms.